The van der Waals surface area contributed by atoms with Gasteiger partial charge in [0.05, 0.1) is 25.2 Å². The molecule has 2 heterocycles. The number of aromatic hydroxyl groups is 1. The van der Waals surface area contributed by atoms with Gasteiger partial charge in [-0.05, 0) is 56.2 Å². The van der Waals surface area contributed by atoms with E-state index >= 15 is 0 Å². The summed E-state index contributed by atoms with van der Waals surface area (Å²) < 4.78 is 16.9. The molecule has 3 N–H and O–H groups in total. The van der Waals surface area contributed by atoms with Crippen molar-refractivity contribution in [1.29, 1.82) is 0 Å². The molecule has 0 aromatic heterocycles. The highest BCUT2D eigenvalue weighted by Crippen LogP contribution is 2.65. The molecule has 1 saturated heterocycles. The van der Waals surface area contributed by atoms with Crippen molar-refractivity contribution in [2.24, 2.45) is 11.8 Å². The Morgan fingerprint density at radius 2 is 1.92 bits per heavy atom. The van der Waals surface area contributed by atoms with Gasteiger partial charge in [-0.2, -0.15) is 0 Å². The minimum Gasteiger partial charge on any atom is -0.504 e. The summed E-state index contributed by atoms with van der Waals surface area (Å²) in [6.45, 7) is 1.65. The Hall–Kier alpha value is -3.30. The molecular weight excluding hydrogens is 488 g/mol. The molecule has 5 aliphatic rings. The number of benzene rings is 2. The number of rotatable bonds is 6. The van der Waals surface area contributed by atoms with E-state index in [9.17, 15) is 19.8 Å². The first-order chi connectivity index (χ1) is 18.3. The lowest BCUT2D eigenvalue weighted by atomic mass is 9.47. The molecule has 1 spiro atoms. The van der Waals surface area contributed by atoms with Crippen LogP contribution in [0.3, 0.4) is 0 Å². The van der Waals surface area contributed by atoms with Gasteiger partial charge in [0, 0.05) is 42.0 Å². The second-order valence-corrected chi connectivity index (χ2v) is 11.5. The maximum Gasteiger partial charge on any atom is 0.235 e. The van der Waals surface area contributed by atoms with Crippen LogP contribution in [0.15, 0.2) is 30.3 Å². The number of phenolic OH excluding ortho intramolecular Hbond substituents is 1. The zero-order valence-corrected chi connectivity index (χ0v) is 21.5. The summed E-state index contributed by atoms with van der Waals surface area (Å²) in [5.74, 6) is -0.0958. The molecule has 3 fully saturated rings. The van der Waals surface area contributed by atoms with Gasteiger partial charge in [0.15, 0.2) is 23.4 Å². The number of ketones is 1. The van der Waals surface area contributed by atoms with Crippen molar-refractivity contribution >= 4 is 17.4 Å². The van der Waals surface area contributed by atoms with E-state index in [1.54, 1.807) is 24.3 Å². The van der Waals surface area contributed by atoms with Gasteiger partial charge >= 0.3 is 0 Å². The number of ether oxygens (including phenoxy) is 3. The van der Waals surface area contributed by atoms with Crippen molar-refractivity contribution in [3.63, 3.8) is 0 Å². The molecule has 1 amide bonds. The third-order valence-electron chi connectivity index (χ3n) is 9.57. The third kappa shape index (κ3) is 3.12. The normalized spacial score (nSPS) is 32.8. The fraction of sp³-hybridized carbons (Fsp3) is 0.517. The Labute approximate surface area is 220 Å². The van der Waals surface area contributed by atoms with Gasteiger partial charge in [0.2, 0.25) is 5.91 Å². The number of amides is 1. The Balaban J connectivity index is 1.29. The highest BCUT2D eigenvalue weighted by Gasteiger charge is 2.75. The quantitative estimate of drug-likeness (QED) is 0.497. The number of hydrogen-bond donors (Lipinski definition) is 3. The van der Waals surface area contributed by atoms with E-state index in [-0.39, 0.29) is 29.7 Å². The van der Waals surface area contributed by atoms with E-state index in [2.05, 4.69) is 10.2 Å². The predicted molar refractivity (Wildman–Crippen MR) is 137 cm³/mol. The molecule has 2 saturated carbocycles. The average Bonchev–Trinajstić information content (AvgIpc) is 3.65. The largest absolute Gasteiger partial charge is 0.504 e. The molecule has 2 aromatic rings. The number of carbonyl (C=O) groups excluding carboxylic acids is 2. The van der Waals surface area contributed by atoms with E-state index in [0.29, 0.717) is 35.9 Å². The lowest BCUT2D eigenvalue weighted by molar-refractivity contribution is -0.197. The Morgan fingerprint density at radius 1 is 1.18 bits per heavy atom. The zero-order chi connectivity index (χ0) is 26.4. The number of piperidine rings is 1. The second-order valence-electron chi connectivity index (χ2n) is 11.5. The zero-order valence-electron chi connectivity index (χ0n) is 21.5. The monoisotopic (exact) mass is 520 g/mol. The van der Waals surface area contributed by atoms with Crippen LogP contribution in [0.5, 0.6) is 23.0 Å². The van der Waals surface area contributed by atoms with Gasteiger partial charge in [-0.25, -0.2) is 0 Å². The van der Waals surface area contributed by atoms with Crippen LogP contribution in [0.4, 0.5) is 5.69 Å². The minimum atomic E-state index is -1.36. The second kappa shape index (κ2) is 8.10. The number of methoxy groups -OCH3 is 2. The molecule has 3 aliphatic carbocycles. The van der Waals surface area contributed by atoms with E-state index in [1.165, 1.54) is 27.1 Å². The summed E-state index contributed by atoms with van der Waals surface area (Å²) in [7, 11) is 3.04. The summed E-state index contributed by atoms with van der Waals surface area (Å²) in [6, 6.07) is 8.27. The standard InChI is InChI=1S/C29H32N2O7/c1-36-18-10-17(11-19(12-18)37-2)30-27(34)20-13-29(35)22-9-16-5-6-21(32)25-23(16)28(29,26(38-25)24(20)33)7-8-31(22)14-15-3-4-15/h5-6,10-12,15,20,22,26,32,35H,3-4,7-9,13-14H2,1-2H3,(H,30,34)/t20?,22-,26+,28+,29-/m1/s1. The number of nitrogens with one attached hydrogen (secondary N) is 1. The first-order valence-corrected chi connectivity index (χ1v) is 13.3. The summed E-state index contributed by atoms with van der Waals surface area (Å²) in [4.78, 5) is 30.0. The number of nitrogens with zero attached hydrogens (tertiary/aromatic N) is 1. The van der Waals surface area contributed by atoms with Crippen LogP contribution in [0.1, 0.15) is 36.8 Å². The number of hydrogen-bond acceptors (Lipinski definition) is 8. The molecule has 1 unspecified atom stereocenters. The number of aliphatic hydroxyl groups is 1. The van der Waals surface area contributed by atoms with Crippen LogP contribution in [-0.4, -0.2) is 71.9 Å². The van der Waals surface area contributed by atoms with Crippen molar-refractivity contribution in [2.75, 3.05) is 32.6 Å². The molecule has 7 rings (SSSR count). The van der Waals surface area contributed by atoms with Crippen molar-refractivity contribution in [2.45, 2.75) is 55.3 Å². The molecule has 200 valence electrons. The highest BCUT2D eigenvalue weighted by atomic mass is 16.5. The first-order valence-electron chi connectivity index (χ1n) is 13.3. The fourth-order valence-corrected chi connectivity index (χ4v) is 7.63. The summed E-state index contributed by atoms with van der Waals surface area (Å²) in [5, 5.41) is 26.2. The summed E-state index contributed by atoms with van der Waals surface area (Å²) >= 11 is 0. The van der Waals surface area contributed by atoms with Crippen LogP contribution in [0, 0.1) is 11.8 Å². The molecule has 2 aliphatic heterocycles. The number of Topliss-reactive ketones (excluding diaryl/α,β-unsaturated/α-hetero) is 1. The predicted octanol–water partition coefficient (Wildman–Crippen LogP) is 2.41. The van der Waals surface area contributed by atoms with Gasteiger partial charge in [-0.15, -0.1) is 0 Å². The topological polar surface area (TPSA) is 118 Å². The third-order valence-corrected chi connectivity index (χ3v) is 9.57. The number of carbonyl (C=O) groups is 2. The Morgan fingerprint density at radius 3 is 2.61 bits per heavy atom. The van der Waals surface area contributed by atoms with Crippen LogP contribution in [0.25, 0.3) is 0 Å². The molecule has 0 radical (unpaired) electrons. The molecular formula is C29H32N2O7. The summed E-state index contributed by atoms with van der Waals surface area (Å²) in [5.41, 5.74) is -0.140. The Kier molecular flexibility index (Phi) is 5.07. The number of anilines is 1. The SMILES string of the molecule is COc1cc(NC(=O)C2C[C@@]3(O)[C@H]4Cc5ccc(O)c6c5[C@@]3(CCN4CC3CC3)[C@@H](O6)C2=O)cc(OC)c1. The molecule has 9 heteroatoms. The molecule has 9 nitrogen and oxygen atoms in total. The van der Waals surface area contributed by atoms with Crippen molar-refractivity contribution < 1.29 is 34.0 Å². The molecule has 38 heavy (non-hydrogen) atoms. The van der Waals surface area contributed by atoms with Crippen molar-refractivity contribution in [1.82, 2.24) is 4.90 Å². The smallest absolute Gasteiger partial charge is 0.235 e. The highest BCUT2D eigenvalue weighted by molar-refractivity contribution is 6.10. The van der Waals surface area contributed by atoms with E-state index in [0.717, 1.165) is 24.2 Å². The number of phenols is 1. The minimum absolute atomic E-state index is 0.000992. The van der Waals surface area contributed by atoms with Gasteiger partial charge in [-0.3, -0.25) is 14.5 Å². The number of likely N-dealkylation sites (tertiary alicyclic amines) is 1. The van der Waals surface area contributed by atoms with Crippen LogP contribution in [0.2, 0.25) is 0 Å². The molecule has 2 aromatic carbocycles. The lowest BCUT2D eigenvalue weighted by Crippen LogP contribution is -2.78. The summed E-state index contributed by atoms with van der Waals surface area (Å²) in [6.07, 6.45) is 2.47. The maximum absolute atomic E-state index is 14.0. The maximum atomic E-state index is 14.0. The van der Waals surface area contributed by atoms with E-state index in [4.69, 9.17) is 14.2 Å². The lowest BCUT2D eigenvalue weighted by Gasteiger charge is -2.63. The van der Waals surface area contributed by atoms with E-state index < -0.39 is 28.9 Å². The van der Waals surface area contributed by atoms with Crippen LogP contribution in [-0.2, 0) is 21.4 Å². The first kappa shape index (κ1) is 23.8. The van der Waals surface area contributed by atoms with Gasteiger partial charge in [0.1, 0.15) is 17.4 Å². The fourth-order valence-electron chi connectivity index (χ4n) is 7.63. The Bertz CT molecular complexity index is 1330. The van der Waals surface area contributed by atoms with Gasteiger partial charge < -0.3 is 29.7 Å². The average molecular weight is 521 g/mol. The van der Waals surface area contributed by atoms with E-state index in [1.807, 2.05) is 6.07 Å². The van der Waals surface area contributed by atoms with Crippen molar-refractivity contribution in [3.8, 4) is 23.0 Å². The van der Waals surface area contributed by atoms with Gasteiger partial charge in [0.25, 0.3) is 0 Å². The van der Waals surface area contributed by atoms with Crippen LogP contribution >= 0.6 is 0 Å². The van der Waals surface area contributed by atoms with Crippen LogP contribution < -0.4 is 19.5 Å². The van der Waals surface area contributed by atoms with Crippen molar-refractivity contribution in [3.05, 3.63) is 41.5 Å². The molecule has 2 bridgehead atoms. The van der Waals surface area contributed by atoms with Gasteiger partial charge in [-0.1, -0.05) is 6.07 Å². The molecule has 5 atom stereocenters.